The molecule has 1 heteroatoms. The van der Waals surface area contributed by atoms with E-state index in [4.69, 9.17) is 0 Å². The van der Waals surface area contributed by atoms with Crippen molar-refractivity contribution in [2.75, 3.05) is 4.90 Å². The van der Waals surface area contributed by atoms with E-state index in [-0.39, 0.29) is 0 Å². The maximum atomic E-state index is 4.31. The van der Waals surface area contributed by atoms with Gasteiger partial charge in [0.05, 0.1) is 5.70 Å². The second-order valence-electron chi connectivity index (χ2n) is 9.04. The molecular weight excluding hydrogens is 434 g/mol. The van der Waals surface area contributed by atoms with Crippen molar-refractivity contribution in [3.63, 3.8) is 0 Å². The average Bonchev–Trinajstić information content (AvgIpc) is 2.92. The van der Waals surface area contributed by atoms with Crippen LogP contribution in [0.3, 0.4) is 0 Å². The molecule has 4 aromatic rings. The smallest absolute Gasteiger partial charge is 0.0533 e. The van der Waals surface area contributed by atoms with E-state index in [2.05, 4.69) is 123 Å². The lowest BCUT2D eigenvalue weighted by molar-refractivity contribution is 0.844. The zero-order valence-electron chi connectivity index (χ0n) is 21.3. The van der Waals surface area contributed by atoms with Crippen LogP contribution in [0.2, 0.25) is 0 Å². The normalized spacial score (nSPS) is 11.6. The molecule has 0 fully saturated rings. The van der Waals surface area contributed by atoms with Crippen molar-refractivity contribution in [2.45, 2.75) is 32.6 Å². The molecule has 0 aromatic heterocycles. The number of allylic oxidation sites excluding steroid dienone is 1. The van der Waals surface area contributed by atoms with Gasteiger partial charge in [0.1, 0.15) is 0 Å². The number of hydrogen-bond acceptors (Lipinski definition) is 1. The highest BCUT2D eigenvalue weighted by molar-refractivity contribution is 5.86. The first-order chi connectivity index (χ1) is 17.6. The monoisotopic (exact) mass is 469 g/mol. The molecule has 180 valence electrons. The van der Waals surface area contributed by atoms with Gasteiger partial charge in [-0.1, -0.05) is 99.0 Å². The molecule has 0 spiro atoms. The summed E-state index contributed by atoms with van der Waals surface area (Å²) in [6, 6.07) is 34.7. The molecule has 0 atom stereocenters. The van der Waals surface area contributed by atoms with E-state index < -0.39 is 0 Å². The summed E-state index contributed by atoms with van der Waals surface area (Å²) in [6.45, 7) is 14.6. The van der Waals surface area contributed by atoms with Crippen molar-refractivity contribution < 1.29 is 0 Å². The molecule has 0 aliphatic heterocycles. The summed E-state index contributed by atoms with van der Waals surface area (Å²) in [7, 11) is 0. The van der Waals surface area contributed by atoms with Crippen molar-refractivity contribution in [1.29, 1.82) is 0 Å². The van der Waals surface area contributed by atoms with Crippen molar-refractivity contribution in [3.8, 4) is 11.1 Å². The number of benzene rings is 4. The van der Waals surface area contributed by atoms with E-state index in [1.54, 1.807) is 0 Å². The molecule has 0 aliphatic rings. The molecular formula is C35H35N. The average molecular weight is 470 g/mol. The zero-order chi connectivity index (χ0) is 25.3. The van der Waals surface area contributed by atoms with Gasteiger partial charge >= 0.3 is 0 Å². The molecule has 0 N–H and O–H groups in total. The molecule has 0 radical (unpaired) electrons. The van der Waals surface area contributed by atoms with Crippen LogP contribution < -0.4 is 15.3 Å². The maximum absolute atomic E-state index is 4.31. The fraction of sp³-hybridized carbons (Fsp3) is 0.143. The fourth-order valence-corrected chi connectivity index (χ4v) is 4.62. The minimum absolute atomic E-state index is 0.978. The maximum Gasteiger partial charge on any atom is 0.0533 e. The zero-order valence-corrected chi connectivity index (χ0v) is 21.3. The molecule has 4 rings (SSSR count). The van der Waals surface area contributed by atoms with Crippen molar-refractivity contribution >= 4 is 23.7 Å². The molecule has 0 amide bonds. The fourth-order valence-electron chi connectivity index (χ4n) is 4.62. The summed E-state index contributed by atoms with van der Waals surface area (Å²) < 4.78 is 0. The molecule has 4 aromatic carbocycles. The first-order valence-corrected chi connectivity index (χ1v) is 12.7. The summed E-state index contributed by atoms with van der Waals surface area (Å²) in [5.74, 6) is 0. The molecule has 0 aliphatic carbocycles. The van der Waals surface area contributed by atoms with Crippen LogP contribution in [0.1, 0.15) is 30.9 Å². The Morgan fingerprint density at radius 3 is 2.14 bits per heavy atom. The molecule has 36 heavy (non-hydrogen) atoms. The predicted octanol–water partition coefficient (Wildman–Crippen LogP) is 7.97. The number of unbranched alkanes of at least 4 members (excludes halogenated alkanes) is 1. The van der Waals surface area contributed by atoms with Gasteiger partial charge in [-0.25, -0.2) is 0 Å². The van der Waals surface area contributed by atoms with Gasteiger partial charge in [0.25, 0.3) is 0 Å². The lowest BCUT2D eigenvalue weighted by atomic mass is 10.0. The number of hydrogen-bond donors (Lipinski definition) is 0. The van der Waals surface area contributed by atoms with Crippen LogP contribution in [0, 0.1) is 0 Å². The van der Waals surface area contributed by atoms with E-state index in [9.17, 15) is 0 Å². The SMILES string of the molecule is C=CCCCc1cccc(N(/C(C=C)=c2\ccccc2=C)c2cccc(-c3cccc(CC)c3)c2)c1. The van der Waals surface area contributed by atoms with Gasteiger partial charge in [-0.2, -0.15) is 0 Å². The second kappa shape index (κ2) is 12.0. The third-order valence-electron chi connectivity index (χ3n) is 6.54. The molecule has 0 saturated heterocycles. The lowest BCUT2D eigenvalue weighted by Crippen LogP contribution is -2.31. The summed E-state index contributed by atoms with van der Waals surface area (Å²) in [5.41, 5.74) is 8.31. The second-order valence-corrected chi connectivity index (χ2v) is 9.04. The van der Waals surface area contributed by atoms with Crippen LogP contribution in [0.5, 0.6) is 0 Å². The molecule has 0 unspecified atom stereocenters. The molecule has 0 bridgehead atoms. The molecule has 0 saturated carbocycles. The minimum Gasteiger partial charge on any atom is -0.310 e. The highest BCUT2D eigenvalue weighted by Crippen LogP contribution is 2.34. The minimum atomic E-state index is 0.978. The summed E-state index contributed by atoms with van der Waals surface area (Å²) in [6.07, 6.45) is 8.09. The van der Waals surface area contributed by atoms with Crippen molar-refractivity contribution in [2.24, 2.45) is 0 Å². The van der Waals surface area contributed by atoms with Crippen molar-refractivity contribution in [3.05, 3.63) is 144 Å². The molecule has 0 heterocycles. The number of nitrogens with zero attached hydrogens (tertiary/aromatic N) is 1. The predicted molar refractivity (Wildman–Crippen MR) is 158 cm³/mol. The topological polar surface area (TPSA) is 3.24 Å². The summed E-state index contributed by atoms with van der Waals surface area (Å²) >= 11 is 0. The quantitative estimate of drug-likeness (QED) is 0.168. The highest BCUT2D eigenvalue weighted by atomic mass is 15.1. The number of aryl methyl sites for hydroxylation is 2. The Balaban J connectivity index is 1.90. The Morgan fingerprint density at radius 2 is 1.42 bits per heavy atom. The van der Waals surface area contributed by atoms with Gasteiger partial charge < -0.3 is 4.90 Å². The Kier molecular flexibility index (Phi) is 8.36. The van der Waals surface area contributed by atoms with Gasteiger partial charge in [-0.05, 0) is 83.5 Å². The Morgan fingerprint density at radius 1 is 0.750 bits per heavy atom. The summed E-state index contributed by atoms with van der Waals surface area (Å²) in [5, 5.41) is 2.05. The van der Waals surface area contributed by atoms with Gasteiger partial charge in [0.2, 0.25) is 0 Å². The number of anilines is 2. The third-order valence-corrected chi connectivity index (χ3v) is 6.54. The number of rotatable bonds is 10. The largest absolute Gasteiger partial charge is 0.310 e. The van der Waals surface area contributed by atoms with Crippen LogP contribution in [0.25, 0.3) is 23.4 Å². The van der Waals surface area contributed by atoms with Crippen LogP contribution in [0.4, 0.5) is 11.4 Å². The van der Waals surface area contributed by atoms with E-state index in [1.807, 2.05) is 18.2 Å². The van der Waals surface area contributed by atoms with Crippen LogP contribution >= 0.6 is 0 Å². The van der Waals surface area contributed by atoms with E-state index in [0.717, 1.165) is 53.2 Å². The first-order valence-electron chi connectivity index (χ1n) is 12.7. The van der Waals surface area contributed by atoms with Crippen molar-refractivity contribution in [1.82, 2.24) is 0 Å². The summed E-state index contributed by atoms with van der Waals surface area (Å²) in [4.78, 5) is 2.31. The van der Waals surface area contributed by atoms with E-state index in [1.165, 1.54) is 22.3 Å². The molecule has 1 nitrogen and oxygen atoms in total. The third kappa shape index (κ3) is 5.75. The Hall–Kier alpha value is -4.10. The van der Waals surface area contributed by atoms with E-state index >= 15 is 0 Å². The lowest BCUT2D eigenvalue weighted by Gasteiger charge is -2.27. The Bertz CT molecular complexity index is 1460. The van der Waals surface area contributed by atoms with Gasteiger partial charge in [-0.3, -0.25) is 0 Å². The van der Waals surface area contributed by atoms with Gasteiger partial charge in [0.15, 0.2) is 0 Å². The van der Waals surface area contributed by atoms with Crippen LogP contribution in [-0.2, 0) is 12.8 Å². The Labute approximate surface area is 216 Å². The van der Waals surface area contributed by atoms with Gasteiger partial charge in [-0.15, -0.1) is 6.58 Å². The van der Waals surface area contributed by atoms with E-state index in [0.29, 0.717) is 0 Å². The first kappa shape index (κ1) is 25.0. The van der Waals surface area contributed by atoms with Gasteiger partial charge in [0, 0.05) is 16.6 Å². The van der Waals surface area contributed by atoms with Crippen LogP contribution in [0.15, 0.2) is 122 Å². The standard InChI is InChI=1S/C35H35N/c1-5-8-9-16-29-18-13-21-32(25-29)36(35(7-3)34-23-11-10-15-27(34)4)33-22-14-20-31(26-33)30-19-12-17-28(6-2)24-30/h5,7,10-15,17-26H,1,3-4,6,8-9,16H2,2H3/b35-34+. The highest BCUT2D eigenvalue weighted by Gasteiger charge is 2.15. The van der Waals surface area contributed by atoms with Crippen LogP contribution in [-0.4, -0.2) is 0 Å².